The molecular formula is C35H50N2O2. The standard InChI is InChI=1S/C35H50N2O2/c1-32(2,3)24-13-22(14-25(17-24)33(4,5)6)28-20-38-30(36-28)19-31-37-29(21-39-31)23-15-26(34(7,8)9)18-27(16-23)35(10,11)12/h13-18,28-29H,19-21H2,1-12H3/t28-,29-/m1/s1. The maximum atomic E-state index is 6.09. The Balaban J connectivity index is 1.57. The predicted molar refractivity (Wildman–Crippen MR) is 165 cm³/mol. The highest BCUT2D eigenvalue weighted by Gasteiger charge is 2.30. The van der Waals surface area contributed by atoms with Crippen molar-refractivity contribution in [1.29, 1.82) is 0 Å². The van der Waals surface area contributed by atoms with Crippen LogP contribution in [-0.4, -0.2) is 25.0 Å². The quantitative estimate of drug-likeness (QED) is 0.396. The van der Waals surface area contributed by atoms with Gasteiger partial charge < -0.3 is 9.47 Å². The van der Waals surface area contributed by atoms with Crippen molar-refractivity contribution in [2.75, 3.05) is 13.2 Å². The van der Waals surface area contributed by atoms with E-state index in [9.17, 15) is 0 Å². The molecule has 4 heteroatoms. The molecule has 2 atom stereocenters. The van der Waals surface area contributed by atoms with E-state index in [1.165, 1.54) is 33.4 Å². The lowest BCUT2D eigenvalue weighted by Gasteiger charge is -2.26. The van der Waals surface area contributed by atoms with Gasteiger partial charge in [0, 0.05) is 0 Å². The van der Waals surface area contributed by atoms with Crippen molar-refractivity contribution in [3.05, 3.63) is 69.8 Å². The topological polar surface area (TPSA) is 43.2 Å². The Labute approximate surface area is 237 Å². The van der Waals surface area contributed by atoms with Crippen molar-refractivity contribution in [1.82, 2.24) is 0 Å². The summed E-state index contributed by atoms with van der Waals surface area (Å²) in [5.74, 6) is 1.44. The van der Waals surface area contributed by atoms with Gasteiger partial charge in [0.25, 0.3) is 0 Å². The molecule has 2 aliphatic rings. The molecule has 2 aliphatic heterocycles. The molecule has 0 bridgehead atoms. The van der Waals surface area contributed by atoms with E-state index < -0.39 is 0 Å². The molecule has 2 heterocycles. The van der Waals surface area contributed by atoms with E-state index in [1.54, 1.807) is 0 Å². The molecule has 0 radical (unpaired) electrons. The molecule has 4 rings (SSSR count). The minimum atomic E-state index is -0.000916. The van der Waals surface area contributed by atoms with Gasteiger partial charge >= 0.3 is 0 Å². The Kier molecular flexibility index (Phi) is 7.60. The zero-order valence-electron chi connectivity index (χ0n) is 26.5. The third kappa shape index (κ3) is 6.94. The minimum Gasteiger partial charge on any atom is -0.478 e. The van der Waals surface area contributed by atoms with Crippen LogP contribution >= 0.6 is 0 Å². The molecule has 0 fully saturated rings. The number of rotatable bonds is 4. The molecule has 4 nitrogen and oxygen atoms in total. The first-order valence-corrected chi connectivity index (χ1v) is 14.5. The average molecular weight is 531 g/mol. The number of hydrogen-bond acceptors (Lipinski definition) is 4. The average Bonchev–Trinajstić information content (AvgIpc) is 3.46. The van der Waals surface area contributed by atoms with E-state index in [-0.39, 0.29) is 33.7 Å². The highest BCUT2D eigenvalue weighted by atomic mass is 16.5. The molecule has 212 valence electrons. The summed E-state index contributed by atoms with van der Waals surface area (Å²) in [5.41, 5.74) is 8.09. The lowest BCUT2D eigenvalue weighted by Crippen LogP contribution is -2.17. The summed E-state index contributed by atoms with van der Waals surface area (Å²) in [6.45, 7) is 28.4. The highest BCUT2D eigenvalue weighted by Crippen LogP contribution is 2.36. The lowest BCUT2D eigenvalue weighted by molar-refractivity contribution is 0.300. The molecule has 0 saturated carbocycles. The summed E-state index contributed by atoms with van der Waals surface area (Å²) < 4.78 is 12.2. The zero-order chi connectivity index (χ0) is 29.0. The summed E-state index contributed by atoms with van der Waals surface area (Å²) in [7, 11) is 0. The predicted octanol–water partition coefficient (Wildman–Crippen LogP) is 8.91. The maximum Gasteiger partial charge on any atom is 0.193 e. The molecule has 0 saturated heterocycles. The van der Waals surface area contributed by atoms with Crippen molar-refractivity contribution in [2.45, 2.75) is 123 Å². The molecule has 0 aliphatic carbocycles. The Hall–Kier alpha value is -2.62. The molecule has 0 amide bonds. The smallest absolute Gasteiger partial charge is 0.193 e. The Bertz CT molecular complexity index is 1110. The lowest BCUT2D eigenvalue weighted by atomic mass is 9.79. The second-order valence-electron chi connectivity index (χ2n) is 15.6. The van der Waals surface area contributed by atoms with Crippen molar-refractivity contribution < 1.29 is 9.47 Å². The Morgan fingerprint density at radius 2 is 0.795 bits per heavy atom. The minimum absolute atomic E-state index is 0.000916. The summed E-state index contributed by atoms with van der Waals surface area (Å²) in [5, 5.41) is 0. The van der Waals surface area contributed by atoms with Crippen LogP contribution in [0, 0.1) is 0 Å². The summed E-state index contributed by atoms with van der Waals surface area (Å²) in [6.07, 6.45) is 0.503. The van der Waals surface area contributed by atoms with E-state index in [4.69, 9.17) is 19.5 Å². The fraction of sp³-hybridized carbons (Fsp3) is 0.600. The van der Waals surface area contributed by atoms with Crippen molar-refractivity contribution in [3.8, 4) is 0 Å². The van der Waals surface area contributed by atoms with E-state index in [2.05, 4.69) is 119 Å². The number of benzene rings is 2. The number of aliphatic imine (C=N–C) groups is 2. The van der Waals surface area contributed by atoms with E-state index >= 15 is 0 Å². The molecule has 0 N–H and O–H groups in total. The van der Waals surface area contributed by atoms with Crippen LogP contribution in [0.5, 0.6) is 0 Å². The normalized spacial score (nSPS) is 20.4. The number of hydrogen-bond donors (Lipinski definition) is 0. The van der Waals surface area contributed by atoms with Crippen LogP contribution < -0.4 is 0 Å². The molecular weight excluding hydrogens is 480 g/mol. The van der Waals surface area contributed by atoms with Gasteiger partial charge in [-0.15, -0.1) is 0 Å². The van der Waals surface area contributed by atoms with Crippen LogP contribution in [0.2, 0.25) is 0 Å². The third-order valence-corrected chi connectivity index (χ3v) is 7.86. The molecule has 2 aromatic carbocycles. The highest BCUT2D eigenvalue weighted by molar-refractivity contribution is 5.98. The van der Waals surface area contributed by atoms with Crippen LogP contribution in [0.3, 0.4) is 0 Å². The number of nitrogens with zero attached hydrogens (tertiary/aromatic N) is 2. The van der Waals surface area contributed by atoms with Gasteiger partial charge in [-0.2, -0.15) is 0 Å². The van der Waals surface area contributed by atoms with Gasteiger partial charge in [-0.25, -0.2) is 9.98 Å². The maximum absolute atomic E-state index is 6.09. The first-order chi connectivity index (χ1) is 17.8. The van der Waals surface area contributed by atoms with E-state index in [0.717, 1.165) is 11.8 Å². The largest absolute Gasteiger partial charge is 0.478 e. The monoisotopic (exact) mass is 530 g/mol. The molecule has 0 unspecified atom stereocenters. The van der Waals surface area contributed by atoms with Crippen molar-refractivity contribution in [2.24, 2.45) is 9.98 Å². The molecule has 2 aromatic rings. The van der Waals surface area contributed by atoms with E-state index in [1.807, 2.05) is 0 Å². The summed E-state index contributed by atoms with van der Waals surface area (Å²) in [6, 6.07) is 13.9. The third-order valence-electron chi connectivity index (χ3n) is 7.86. The van der Waals surface area contributed by atoms with E-state index in [0.29, 0.717) is 19.6 Å². The second-order valence-corrected chi connectivity index (χ2v) is 15.6. The first kappa shape index (κ1) is 29.4. The van der Waals surface area contributed by atoms with Gasteiger partial charge in [0.15, 0.2) is 11.8 Å². The van der Waals surface area contributed by atoms with Gasteiger partial charge in [0.2, 0.25) is 0 Å². The van der Waals surface area contributed by atoms with Crippen molar-refractivity contribution >= 4 is 11.8 Å². The van der Waals surface area contributed by atoms with Gasteiger partial charge in [-0.05, 0) is 55.0 Å². The summed E-state index contributed by atoms with van der Waals surface area (Å²) in [4.78, 5) is 9.98. The SMILES string of the molecule is CC(C)(C)c1cc([C@H]2COC(CC3=N[C@@H](c4cc(C(C)(C)C)cc(C(C)(C)C)c4)CO3)=N2)cc(C(C)(C)C)c1. The first-order valence-electron chi connectivity index (χ1n) is 14.5. The zero-order valence-corrected chi connectivity index (χ0v) is 26.5. The van der Waals surface area contributed by atoms with Crippen molar-refractivity contribution in [3.63, 3.8) is 0 Å². The van der Waals surface area contributed by atoms with Gasteiger partial charge in [0.05, 0.1) is 6.42 Å². The van der Waals surface area contributed by atoms with Crippen LogP contribution in [0.15, 0.2) is 46.4 Å². The molecule has 0 aromatic heterocycles. The fourth-order valence-corrected chi connectivity index (χ4v) is 4.93. The van der Waals surface area contributed by atoms with Crippen LogP contribution in [0.25, 0.3) is 0 Å². The Morgan fingerprint density at radius 1 is 0.513 bits per heavy atom. The van der Waals surface area contributed by atoms with Gasteiger partial charge in [-0.3, -0.25) is 0 Å². The molecule has 39 heavy (non-hydrogen) atoms. The van der Waals surface area contributed by atoms with Gasteiger partial charge in [-0.1, -0.05) is 119 Å². The number of ether oxygens (including phenoxy) is 2. The summed E-state index contributed by atoms with van der Waals surface area (Å²) >= 11 is 0. The molecule has 0 spiro atoms. The second kappa shape index (κ2) is 10.1. The van der Waals surface area contributed by atoms with Crippen LogP contribution in [-0.2, 0) is 31.1 Å². The van der Waals surface area contributed by atoms with Gasteiger partial charge in [0.1, 0.15) is 25.3 Å². The Morgan fingerprint density at radius 3 is 1.05 bits per heavy atom. The van der Waals surface area contributed by atoms with Crippen LogP contribution in [0.1, 0.15) is 135 Å². The van der Waals surface area contributed by atoms with Crippen LogP contribution in [0.4, 0.5) is 0 Å². The fourth-order valence-electron chi connectivity index (χ4n) is 4.93.